The van der Waals surface area contributed by atoms with Gasteiger partial charge in [0.25, 0.3) is 0 Å². The number of carbonyl (C=O) groups is 1. The molecule has 0 amide bonds. The van der Waals surface area contributed by atoms with Crippen molar-refractivity contribution in [2.45, 2.75) is 13.0 Å². The van der Waals surface area contributed by atoms with Gasteiger partial charge in [-0.3, -0.25) is 0 Å². The minimum Gasteiger partial charge on any atom is -0.463 e. The standard InChI is InChI=1S/C14H14O4/c1-9-4-3-5-10(8-9)13(15)11-6-7-12(18-11)14(16)17-2/h3-8,13,15H,1-2H3. The van der Waals surface area contributed by atoms with E-state index in [0.717, 1.165) is 11.1 Å². The number of rotatable bonds is 3. The van der Waals surface area contributed by atoms with Crippen LogP contribution in [-0.2, 0) is 4.74 Å². The van der Waals surface area contributed by atoms with E-state index in [1.54, 1.807) is 12.1 Å². The van der Waals surface area contributed by atoms with Gasteiger partial charge < -0.3 is 14.3 Å². The predicted octanol–water partition coefficient (Wildman–Crippen LogP) is 2.46. The van der Waals surface area contributed by atoms with Gasteiger partial charge in [0, 0.05) is 0 Å². The number of ether oxygens (including phenoxy) is 1. The SMILES string of the molecule is COC(=O)c1ccc(C(O)c2cccc(C)c2)o1. The zero-order valence-electron chi connectivity index (χ0n) is 10.2. The molecule has 0 bridgehead atoms. The van der Waals surface area contributed by atoms with E-state index in [-0.39, 0.29) is 5.76 Å². The van der Waals surface area contributed by atoms with Crippen LogP contribution < -0.4 is 0 Å². The third kappa shape index (κ3) is 2.43. The van der Waals surface area contributed by atoms with Crippen molar-refractivity contribution in [3.8, 4) is 0 Å². The Morgan fingerprint density at radius 3 is 2.78 bits per heavy atom. The van der Waals surface area contributed by atoms with Crippen molar-refractivity contribution in [2.75, 3.05) is 7.11 Å². The first-order valence-corrected chi connectivity index (χ1v) is 5.54. The molecule has 18 heavy (non-hydrogen) atoms. The quantitative estimate of drug-likeness (QED) is 0.845. The Morgan fingerprint density at radius 1 is 1.33 bits per heavy atom. The second kappa shape index (κ2) is 5.06. The van der Waals surface area contributed by atoms with Crippen LogP contribution in [0.25, 0.3) is 0 Å². The molecular formula is C14H14O4. The molecule has 1 atom stereocenters. The van der Waals surface area contributed by atoms with Crippen LogP contribution in [0, 0.1) is 6.92 Å². The van der Waals surface area contributed by atoms with Gasteiger partial charge in [-0.05, 0) is 24.6 Å². The average Bonchev–Trinajstić information content (AvgIpc) is 2.86. The second-order valence-electron chi connectivity index (χ2n) is 4.01. The molecule has 0 aliphatic heterocycles. The van der Waals surface area contributed by atoms with E-state index in [4.69, 9.17) is 4.42 Å². The molecule has 4 heteroatoms. The zero-order chi connectivity index (χ0) is 13.1. The van der Waals surface area contributed by atoms with Gasteiger partial charge in [0.05, 0.1) is 7.11 Å². The number of hydrogen-bond donors (Lipinski definition) is 1. The highest BCUT2D eigenvalue weighted by Crippen LogP contribution is 2.24. The minimum absolute atomic E-state index is 0.0826. The van der Waals surface area contributed by atoms with Crippen LogP contribution in [0.3, 0.4) is 0 Å². The summed E-state index contributed by atoms with van der Waals surface area (Å²) in [5, 5.41) is 10.1. The number of hydrogen-bond acceptors (Lipinski definition) is 4. The Bertz CT molecular complexity index is 556. The lowest BCUT2D eigenvalue weighted by molar-refractivity contribution is 0.0558. The third-order valence-electron chi connectivity index (χ3n) is 2.64. The molecule has 0 spiro atoms. The van der Waals surface area contributed by atoms with E-state index >= 15 is 0 Å². The summed E-state index contributed by atoms with van der Waals surface area (Å²) in [7, 11) is 1.28. The van der Waals surface area contributed by atoms with Crippen molar-refractivity contribution in [1.29, 1.82) is 0 Å². The van der Waals surface area contributed by atoms with E-state index in [0.29, 0.717) is 5.76 Å². The van der Waals surface area contributed by atoms with Crippen LogP contribution in [0.1, 0.15) is 33.5 Å². The Hall–Kier alpha value is -2.07. The van der Waals surface area contributed by atoms with Crippen LogP contribution in [0.2, 0.25) is 0 Å². The molecule has 94 valence electrons. The van der Waals surface area contributed by atoms with Gasteiger partial charge in [-0.2, -0.15) is 0 Å². The molecular weight excluding hydrogens is 232 g/mol. The highest BCUT2D eigenvalue weighted by atomic mass is 16.5. The number of methoxy groups -OCH3 is 1. The van der Waals surface area contributed by atoms with Crippen molar-refractivity contribution in [3.05, 3.63) is 59.0 Å². The molecule has 1 aromatic heterocycles. The minimum atomic E-state index is -0.886. The van der Waals surface area contributed by atoms with Crippen LogP contribution in [0.15, 0.2) is 40.8 Å². The summed E-state index contributed by atoms with van der Waals surface area (Å²) in [6.07, 6.45) is -0.886. The van der Waals surface area contributed by atoms with Crippen LogP contribution in [0.5, 0.6) is 0 Å². The topological polar surface area (TPSA) is 59.7 Å². The molecule has 0 aliphatic carbocycles. The summed E-state index contributed by atoms with van der Waals surface area (Å²) in [6, 6.07) is 10.5. The first kappa shape index (κ1) is 12.4. The summed E-state index contributed by atoms with van der Waals surface area (Å²) in [5.41, 5.74) is 1.77. The summed E-state index contributed by atoms with van der Waals surface area (Å²) in [6.45, 7) is 1.94. The molecule has 1 heterocycles. The summed E-state index contributed by atoms with van der Waals surface area (Å²) < 4.78 is 9.81. The Labute approximate surface area is 105 Å². The van der Waals surface area contributed by atoms with E-state index in [1.807, 2.05) is 25.1 Å². The molecule has 2 aromatic rings. The molecule has 0 fully saturated rings. The monoisotopic (exact) mass is 246 g/mol. The smallest absolute Gasteiger partial charge is 0.373 e. The third-order valence-corrected chi connectivity index (χ3v) is 2.64. The van der Waals surface area contributed by atoms with Gasteiger partial charge >= 0.3 is 5.97 Å². The van der Waals surface area contributed by atoms with Gasteiger partial charge in [-0.1, -0.05) is 29.8 Å². The van der Waals surface area contributed by atoms with Crippen molar-refractivity contribution in [3.63, 3.8) is 0 Å². The maximum Gasteiger partial charge on any atom is 0.373 e. The van der Waals surface area contributed by atoms with E-state index < -0.39 is 12.1 Å². The molecule has 1 aromatic carbocycles. The molecule has 0 aliphatic rings. The van der Waals surface area contributed by atoms with Gasteiger partial charge in [0.15, 0.2) is 0 Å². The van der Waals surface area contributed by atoms with Gasteiger partial charge in [0.1, 0.15) is 11.9 Å². The number of aliphatic hydroxyl groups excluding tert-OH is 1. The number of aryl methyl sites for hydroxylation is 1. The van der Waals surface area contributed by atoms with Gasteiger partial charge in [-0.25, -0.2) is 4.79 Å². The molecule has 4 nitrogen and oxygen atoms in total. The fourth-order valence-corrected chi connectivity index (χ4v) is 1.71. The lowest BCUT2D eigenvalue weighted by Gasteiger charge is -2.08. The molecule has 0 radical (unpaired) electrons. The van der Waals surface area contributed by atoms with Crippen molar-refractivity contribution >= 4 is 5.97 Å². The molecule has 0 saturated carbocycles. The fraction of sp³-hybridized carbons (Fsp3) is 0.214. The summed E-state index contributed by atoms with van der Waals surface area (Å²) >= 11 is 0. The van der Waals surface area contributed by atoms with Crippen molar-refractivity contribution in [1.82, 2.24) is 0 Å². The number of esters is 1. The molecule has 0 saturated heterocycles. The van der Waals surface area contributed by atoms with Crippen LogP contribution >= 0.6 is 0 Å². The van der Waals surface area contributed by atoms with E-state index in [9.17, 15) is 9.90 Å². The molecule has 2 rings (SSSR count). The highest BCUT2D eigenvalue weighted by Gasteiger charge is 2.18. The number of benzene rings is 1. The number of carbonyl (C=O) groups excluding carboxylic acids is 1. The van der Waals surface area contributed by atoms with Crippen LogP contribution in [-0.4, -0.2) is 18.2 Å². The predicted molar refractivity (Wildman–Crippen MR) is 65.3 cm³/mol. The van der Waals surface area contributed by atoms with Gasteiger partial charge in [0.2, 0.25) is 5.76 Å². The zero-order valence-corrected chi connectivity index (χ0v) is 10.2. The number of aliphatic hydroxyl groups is 1. The summed E-state index contributed by atoms with van der Waals surface area (Å²) in [5.74, 6) is -0.155. The average molecular weight is 246 g/mol. The maximum atomic E-state index is 11.2. The van der Waals surface area contributed by atoms with Crippen LogP contribution in [0.4, 0.5) is 0 Å². The fourth-order valence-electron chi connectivity index (χ4n) is 1.71. The maximum absolute atomic E-state index is 11.2. The lowest BCUT2D eigenvalue weighted by atomic mass is 10.1. The van der Waals surface area contributed by atoms with Gasteiger partial charge in [-0.15, -0.1) is 0 Å². The first-order chi connectivity index (χ1) is 8.61. The van der Waals surface area contributed by atoms with E-state index in [2.05, 4.69) is 4.74 Å². The largest absolute Gasteiger partial charge is 0.463 e. The van der Waals surface area contributed by atoms with E-state index in [1.165, 1.54) is 13.2 Å². The normalized spacial score (nSPS) is 12.2. The summed E-state index contributed by atoms with van der Waals surface area (Å²) in [4.78, 5) is 11.2. The Balaban J connectivity index is 2.26. The Kier molecular flexibility index (Phi) is 3.48. The molecule has 1 unspecified atom stereocenters. The lowest BCUT2D eigenvalue weighted by Crippen LogP contribution is -2.00. The molecule has 1 N–H and O–H groups in total. The first-order valence-electron chi connectivity index (χ1n) is 5.54. The highest BCUT2D eigenvalue weighted by molar-refractivity contribution is 5.86. The second-order valence-corrected chi connectivity index (χ2v) is 4.01. The Morgan fingerprint density at radius 2 is 2.11 bits per heavy atom. The van der Waals surface area contributed by atoms with Crippen molar-refractivity contribution < 1.29 is 19.1 Å². The number of furan rings is 1. The van der Waals surface area contributed by atoms with Crippen molar-refractivity contribution in [2.24, 2.45) is 0 Å².